The van der Waals surface area contributed by atoms with Crippen LogP contribution < -0.4 is 5.32 Å². The lowest BCUT2D eigenvalue weighted by Gasteiger charge is -2.15. The van der Waals surface area contributed by atoms with Crippen molar-refractivity contribution in [2.24, 2.45) is 0 Å². The van der Waals surface area contributed by atoms with Crippen molar-refractivity contribution in [3.05, 3.63) is 68.7 Å². The number of nitro groups is 1. The van der Waals surface area contributed by atoms with Crippen LogP contribution in [0.3, 0.4) is 0 Å². The largest absolute Gasteiger partial charge is 0.377 e. The van der Waals surface area contributed by atoms with Gasteiger partial charge >= 0.3 is 0 Å². The van der Waals surface area contributed by atoms with Crippen LogP contribution in [0.1, 0.15) is 12.5 Å². The van der Waals surface area contributed by atoms with Crippen LogP contribution in [0.25, 0.3) is 0 Å². The molecule has 0 radical (unpaired) electrons. The Morgan fingerprint density at radius 2 is 1.95 bits per heavy atom. The van der Waals surface area contributed by atoms with Crippen molar-refractivity contribution in [3.63, 3.8) is 0 Å². The molecular formula is C15H15BrN2O2. The molecule has 0 saturated heterocycles. The molecule has 1 atom stereocenters. The van der Waals surface area contributed by atoms with Crippen molar-refractivity contribution in [3.8, 4) is 0 Å². The van der Waals surface area contributed by atoms with E-state index in [1.54, 1.807) is 12.1 Å². The summed E-state index contributed by atoms with van der Waals surface area (Å²) < 4.78 is 0.700. The molecule has 0 bridgehead atoms. The van der Waals surface area contributed by atoms with Gasteiger partial charge in [-0.25, -0.2) is 0 Å². The van der Waals surface area contributed by atoms with Gasteiger partial charge in [0.1, 0.15) is 5.69 Å². The van der Waals surface area contributed by atoms with Gasteiger partial charge in [0.15, 0.2) is 0 Å². The summed E-state index contributed by atoms with van der Waals surface area (Å²) in [7, 11) is 0. The summed E-state index contributed by atoms with van der Waals surface area (Å²) in [4.78, 5) is 10.7. The number of hydrogen-bond donors (Lipinski definition) is 1. The van der Waals surface area contributed by atoms with Crippen LogP contribution >= 0.6 is 15.9 Å². The lowest BCUT2D eigenvalue weighted by molar-refractivity contribution is -0.384. The van der Waals surface area contributed by atoms with E-state index in [1.807, 2.05) is 37.3 Å². The first-order valence-electron chi connectivity index (χ1n) is 6.30. The highest BCUT2D eigenvalue weighted by Gasteiger charge is 2.15. The molecule has 0 aromatic heterocycles. The number of halogens is 1. The molecule has 2 rings (SSSR count). The Labute approximate surface area is 126 Å². The minimum Gasteiger partial charge on any atom is -0.377 e. The van der Waals surface area contributed by atoms with Crippen LogP contribution in [0.5, 0.6) is 0 Å². The minimum atomic E-state index is -0.373. The molecule has 0 aliphatic carbocycles. The molecule has 0 aliphatic rings. The molecule has 0 spiro atoms. The zero-order valence-electron chi connectivity index (χ0n) is 11.0. The van der Waals surface area contributed by atoms with E-state index in [9.17, 15) is 10.1 Å². The Balaban J connectivity index is 2.11. The van der Waals surface area contributed by atoms with E-state index < -0.39 is 0 Å². The van der Waals surface area contributed by atoms with E-state index in [-0.39, 0.29) is 16.7 Å². The average Bonchev–Trinajstić information content (AvgIpc) is 2.41. The molecule has 1 unspecified atom stereocenters. The standard InChI is InChI=1S/C15H15BrN2O2/c1-11(9-12-5-3-2-4-6-12)17-14-8-7-13(16)10-15(14)18(19)20/h2-8,10-11,17H,9H2,1H3. The van der Waals surface area contributed by atoms with Crippen LogP contribution in [-0.2, 0) is 6.42 Å². The maximum absolute atomic E-state index is 11.1. The normalized spacial score (nSPS) is 11.9. The van der Waals surface area contributed by atoms with Gasteiger partial charge in [-0.3, -0.25) is 10.1 Å². The van der Waals surface area contributed by atoms with Gasteiger partial charge in [0.05, 0.1) is 4.92 Å². The molecule has 4 nitrogen and oxygen atoms in total. The molecule has 0 heterocycles. The van der Waals surface area contributed by atoms with Gasteiger partial charge in [-0.1, -0.05) is 46.3 Å². The van der Waals surface area contributed by atoms with Crippen molar-refractivity contribution >= 4 is 27.3 Å². The summed E-state index contributed by atoms with van der Waals surface area (Å²) >= 11 is 3.25. The van der Waals surface area contributed by atoms with Crippen LogP contribution in [0.2, 0.25) is 0 Å². The number of hydrogen-bond acceptors (Lipinski definition) is 3. The fourth-order valence-corrected chi connectivity index (χ4v) is 2.41. The first-order valence-corrected chi connectivity index (χ1v) is 7.10. The zero-order chi connectivity index (χ0) is 14.5. The molecule has 20 heavy (non-hydrogen) atoms. The molecule has 5 heteroatoms. The maximum atomic E-state index is 11.1. The van der Waals surface area contributed by atoms with Crippen molar-refractivity contribution < 1.29 is 4.92 Å². The highest BCUT2D eigenvalue weighted by Crippen LogP contribution is 2.28. The molecule has 0 amide bonds. The number of nitro benzene ring substituents is 1. The summed E-state index contributed by atoms with van der Waals surface area (Å²) in [6.07, 6.45) is 0.814. The Morgan fingerprint density at radius 1 is 1.25 bits per heavy atom. The number of nitrogens with one attached hydrogen (secondary N) is 1. The third-order valence-corrected chi connectivity index (χ3v) is 3.44. The molecule has 0 fully saturated rings. The SMILES string of the molecule is CC(Cc1ccccc1)Nc1ccc(Br)cc1[N+](=O)[O-]. The quantitative estimate of drug-likeness (QED) is 0.651. The second-order valence-electron chi connectivity index (χ2n) is 4.65. The summed E-state index contributed by atoms with van der Waals surface area (Å²) in [5.74, 6) is 0. The average molecular weight is 335 g/mol. The van der Waals surface area contributed by atoms with Crippen molar-refractivity contribution in [1.29, 1.82) is 0 Å². The van der Waals surface area contributed by atoms with Crippen LogP contribution in [-0.4, -0.2) is 11.0 Å². The van der Waals surface area contributed by atoms with Crippen molar-refractivity contribution in [2.75, 3.05) is 5.32 Å². The van der Waals surface area contributed by atoms with Crippen LogP contribution in [0.15, 0.2) is 53.0 Å². The van der Waals surface area contributed by atoms with Gasteiger partial charge in [0.2, 0.25) is 0 Å². The summed E-state index contributed by atoms with van der Waals surface area (Å²) in [6.45, 7) is 2.01. The van der Waals surface area contributed by atoms with E-state index >= 15 is 0 Å². The third kappa shape index (κ3) is 3.81. The Hall–Kier alpha value is -1.88. The monoisotopic (exact) mass is 334 g/mol. The van der Waals surface area contributed by atoms with Crippen LogP contribution in [0, 0.1) is 10.1 Å². The Kier molecular flexibility index (Phi) is 4.74. The topological polar surface area (TPSA) is 55.2 Å². The number of benzene rings is 2. The number of anilines is 1. The Morgan fingerprint density at radius 3 is 2.60 bits per heavy atom. The highest BCUT2D eigenvalue weighted by molar-refractivity contribution is 9.10. The van der Waals surface area contributed by atoms with Crippen LogP contribution in [0.4, 0.5) is 11.4 Å². The first-order chi connectivity index (χ1) is 9.56. The first kappa shape index (κ1) is 14.5. The molecule has 2 aromatic carbocycles. The van der Waals surface area contributed by atoms with E-state index in [4.69, 9.17) is 0 Å². The zero-order valence-corrected chi connectivity index (χ0v) is 12.6. The highest BCUT2D eigenvalue weighted by atomic mass is 79.9. The summed E-state index contributed by atoms with van der Waals surface area (Å²) in [6, 6.07) is 15.2. The fraction of sp³-hybridized carbons (Fsp3) is 0.200. The summed E-state index contributed by atoms with van der Waals surface area (Å²) in [5.41, 5.74) is 1.83. The summed E-state index contributed by atoms with van der Waals surface area (Å²) in [5, 5.41) is 14.3. The second-order valence-corrected chi connectivity index (χ2v) is 5.57. The van der Waals surface area contributed by atoms with Crippen molar-refractivity contribution in [2.45, 2.75) is 19.4 Å². The van der Waals surface area contributed by atoms with E-state index in [0.29, 0.717) is 10.2 Å². The van der Waals surface area contributed by atoms with Crippen molar-refractivity contribution in [1.82, 2.24) is 0 Å². The third-order valence-electron chi connectivity index (χ3n) is 2.94. The lowest BCUT2D eigenvalue weighted by Crippen LogP contribution is -2.18. The molecular weight excluding hydrogens is 320 g/mol. The van der Waals surface area contributed by atoms with Gasteiger partial charge in [-0.15, -0.1) is 0 Å². The smallest absolute Gasteiger partial charge is 0.293 e. The van der Waals surface area contributed by atoms with Gasteiger partial charge in [-0.05, 0) is 31.0 Å². The van der Waals surface area contributed by atoms with Gasteiger partial charge in [-0.2, -0.15) is 0 Å². The number of rotatable bonds is 5. The predicted molar refractivity (Wildman–Crippen MR) is 84.0 cm³/mol. The molecule has 0 saturated carbocycles. The van der Waals surface area contributed by atoms with Gasteiger partial charge in [0.25, 0.3) is 5.69 Å². The predicted octanol–water partition coefficient (Wildman–Crippen LogP) is 4.40. The molecule has 1 N–H and O–H groups in total. The Bertz CT molecular complexity index is 602. The fourth-order valence-electron chi connectivity index (χ4n) is 2.06. The van der Waals surface area contributed by atoms with E-state index in [1.165, 1.54) is 11.6 Å². The maximum Gasteiger partial charge on any atom is 0.293 e. The minimum absolute atomic E-state index is 0.0827. The van der Waals surface area contributed by atoms with E-state index in [2.05, 4.69) is 21.2 Å². The van der Waals surface area contributed by atoms with Gasteiger partial charge in [0, 0.05) is 16.6 Å². The second kappa shape index (κ2) is 6.52. The van der Waals surface area contributed by atoms with Gasteiger partial charge < -0.3 is 5.32 Å². The lowest BCUT2D eigenvalue weighted by atomic mass is 10.1. The molecule has 2 aromatic rings. The molecule has 104 valence electrons. The number of nitrogens with zero attached hydrogens (tertiary/aromatic N) is 1. The van der Waals surface area contributed by atoms with E-state index in [0.717, 1.165) is 6.42 Å². The molecule has 0 aliphatic heterocycles.